The maximum absolute atomic E-state index is 13.0. The first-order valence-corrected chi connectivity index (χ1v) is 26.5. The number of aromatic nitrogens is 6. The van der Waals surface area contributed by atoms with Gasteiger partial charge in [0.2, 0.25) is 17.8 Å². The van der Waals surface area contributed by atoms with Crippen molar-refractivity contribution in [2.75, 3.05) is 71.2 Å². The highest BCUT2D eigenvalue weighted by Gasteiger charge is 2.32. The summed E-state index contributed by atoms with van der Waals surface area (Å²) in [6, 6.07) is 19.7. The van der Waals surface area contributed by atoms with E-state index in [1.165, 1.54) is 4.57 Å². The number of rotatable bonds is 7. The molecule has 3 aromatic carbocycles. The molecular formula is C54H69Cl4N13O3. The van der Waals surface area contributed by atoms with Gasteiger partial charge in [0, 0.05) is 77.1 Å². The molecule has 16 nitrogen and oxygen atoms in total. The molecule has 3 fully saturated rings. The molecule has 8 N–H and O–H groups in total. The van der Waals surface area contributed by atoms with Gasteiger partial charge < -0.3 is 37.6 Å². The molecule has 3 aliphatic heterocycles. The fourth-order valence-electron chi connectivity index (χ4n) is 9.57. The number of anilines is 6. The molecule has 3 aromatic heterocycles. The number of hydrogen-bond donors (Lipinski definition) is 4. The van der Waals surface area contributed by atoms with Crippen LogP contribution in [0.3, 0.4) is 0 Å². The molecule has 396 valence electrons. The summed E-state index contributed by atoms with van der Waals surface area (Å²) >= 11 is 24.7. The van der Waals surface area contributed by atoms with Crippen molar-refractivity contribution in [1.82, 2.24) is 28.7 Å². The van der Waals surface area contributed by atoms with Gasteiger partial charge in [-0.2, -0.15) is 15.0 Å². The first kappa shape index (κ1) is 56.0. The first-order valence-electron chi connectivity index (χ1n) is 24.9. The van der Waals surface area contributed by atoms with Crippen molar-refractivity contribution in [2.24, 2.45) is 37.7 Å². The zero-order valence-corrected chi connectivity index (χ0v) is 46.6. The highest BCUT2D eigenvalue weighted by atomic mass is 35.5. The van der Waals surface area contributed by atoms with Crippen molar-refractivity contribution in [1.29, 1.82) is 0 Å². The smallest absolute Gasteiger partial charge is 0.264 e. The average Bonchev–Trinajstić information content (AvgIpc) is 3.36. The van der Waals surface area contributed by atoms with E-state index in [2.05, 4.69) is 52.4 Å². The lowest BCUT2D eigenvalue weighted by Crippen LogP contribution is -2.49. The van der Waals surface area contributed by atoms with Gasteiger partial charge in [0.15, 0.2) is 0 Å². The van der Waals surface area contributed by atoms with E-state index in [0.717, 1.165) is 89.8 Å². The lowest BCUT2D eigenvalue weighted by Gasteiger charge is -2.39. The molecule has 3 saturated heterocycles. The van der Waals surface area contributed by atoms with Crippen LogP contribution in [0.25, 0.3) is 33.4 Å². The summed E-state index contributed by atoms with van der Waals surface area (Å²) in [7, 11) is 5.18. The Labute approximate surface area is 453 Å². The molecule has 0 radical (unpaired) electrons. The van der Waals surface area contributed by atoms with E-state index in [-0.39, 0.29) is 39.4 Å². The Kier molecular flexibility index (Phi) is 17.1. The van der Waals surface area contributed by atoms with E-state index in [1.54, 1.807) is 66.7 Å². The Morgan fingerprint density at radius 2 is 0.851 bits per heavy atom. The number of hydrogen-bond acceptors (Lipinski definition) is 13. The van der Waals surface area contributed by atoms with Crippen molar-refractivity contribution >= 4 is 81.7 Å². The minimum absolute atomic E-state index is 0.0940. The fourth-order valence-corrected chi connectivity index (χ4v) is 10.4. The summed E-state index contributed by atoms with van der Waals surface area (Å²) in [6.45, 7) is 16.1. The summed E-state index contributed by atoms with van der Waals surface area (Å²) in [5, 5.41) is 1.34. The normalized spacial score (nSPS) is 17.0. The molecule has 6 heterocycles. The molecule has 3 aliphatic rings. The summed E-state index contributed by atoms with van der Waals surface area (Å²) in [5.74, 6) is 2.44. The zero-order valence-electron chi connectivity index (χ0n) is 43.6. The molecule has 0 spiro atoms. The highest BCUT2D eigenvalue weighted by molar-refractivity contribution is 6.44. The molecule has 6 aromatic rings. The Bertz CT molecular complexity index is 3180. The maximum Gasteiger partial charge on any atom is 0.264 e. The minimum Gasteiger partial charge on any atom is -0.383 e. The van der Waals surface area contributed by atoms with Crippen molar-refractivity contribution in [2.45, 2.75) is 85.1 Å². The van der Waals surface area contributed by atoms with Crippen molar-refractivity contribution < 1.29 is 0 Å². The molecule has 20 heteroatoms. The van der Waals surface area contributed by atoms with Gasteiger partial charge in [-0.25, -0.2) is 0 Å². The van der Waals surface area contributed by atoms with E-state index in [0.29, 0.717) is 76.8 Å². The molecule has 0 amide bonds. The van der Waals surface area contributed by atoms with Gasteiger partial charge in [0.25, 0.3) is 16.7 Å². The van der Waals surface area contributed by atoms with Gasteiger partial charge in [-0.15, -0.1) is 0 Å². The van der Waals surface area contributed by atoms with Crippen LogP contribution in [-0.4, -0.2) is 73.5 Å². The monoisotopic (exact) mass is 1090 g/mol. The SMILES string of the molecule is CCC1(C)CCN(c2nc(N)c(-c3cccc(Cl)c3Cl)c(=O)n2C)CC1.Cn1c(N2CCC(C)(C)CC2)nc(N)c(-c2ccccc2)c1=O.Cn1c(N2CCC(C)(N)CC2)nc(N)c(-c2cccc(Cl)c2Cl)c1=O. The van der Waals surface area contributed by atoms with Gasteiger partial charge in [-0.1, -0.05) is 135 Å². The third kappa shape index (κ3) is 12.0. The van der Waals surface area contributed by atoms with Crippen LogP contribution in [0.1, 0.15) is 79.6 Å². The second-order valence-corrected chi connectivity index (χ2v) is 22.7. The molecule has 74 heavy (non-hydrogen) atoms. The van der Waals surface area contributed by atoms with Crippen LogP contribution in [0.5, 0.6) is 0 Å². The second kappa shape index (κ2) is 22.6. The lowest BCUT2D eigenvalue weighted by molar-refractivity contribution is 0.236. The predicted molar refractivity (Wildman–Crippen MR) is 307 cm³/mol. The van der Waals surface area contributed by atoms with Crippen molar-refractivity contribution in [3.63, 3.8) is 0 Å². The summed E-state index contributed by atoms with van der Waals surface area (Å²) in [5.41, 5.74) is 27.4. The molecule has 0 atom stereocenters. The molecule has 9 rings (SSSR count). The van der Waals surface area contributed by atoms with Gasteiger partial charge in [0.05, 0.1) is 36.8 Å². The molecule has 0 aliphatic carbocycles. The van der Waals surface area contributed by atoms with E-state index in [1.807, 2.05) is 42.2 Å². The number of nitrogen functional groups attached to an aromatic ring is 3. The third-order valence-corrected chi connectivity index (χ3v) is 16.7. The number of piperidine rings is 3. The minimum atomic E-state index is -0.257. The van der Waals surface area contributed by atoms with Gasteiger partial charge in [-0.3, -0.25) is 28.1 Å². The Hall–Kier alpha value is -5.78. The molecule has 0 bridgehead atoms. The first-order chi connectivity index (χ1) is 34.9. The summed E-state index contributed by atoms with van der Waals surface area (Å²) < 4.78 is 4.68. The zero-order chi connectivity index (χ0) is 54.0. The number of nitrogens with zero attached hydrogens (tertiary/aromatic N) is 9. The van der Waals surface area contributed by atoms with Crippen LogP contribution in [0.15, 0.2) is 81.1 Å². The van der Waals surface area contributed by atoms with E-state index in [4.69, 9.17) is 69.3 Å². The van der Waals surface area contributed by atoms with Crippen LogP contribution in [0, 0.1) is 10.8 Å². The van der Waals surface area contributed by atoms with E-state index < -0.39 is 0 Å². The summed E-state index contributed by atoms with van der Waals surface area (Å²) in [4.78, 5) is 58.7. The second-order valence-electron chi connectivity index (χ2n) is 21.1. The number of halogens is 4. The average molecular weight is 1090 g/mol. The Morgan fingerprint density at radius 3 is 1.24 bits per heavy atom. The van der Waals surface area contributed by atoms with Gasteiger partial charge >= 0.3 is 0 Å². The van der Waals surface area contributed by atoms with Crippen LogP contribution >= 0.6 is 46.4 Å². The Balaban J connectivity index is 0.000000162. The predicted octanol–water partition coefficient (Wildman–Crippen LogP) is 9.66. The van der Waals surface area contributed by atoms with Gasteiger partial charge in [-0.05, 0) is 74.0 Å². The van der Waals surface area contributed by atoms with Gasteiger partial charge in [0.1, 0.15) is 17.5 Å². The standard InChI is InChI=1S/C19H24Cl2N4O.C18H24N4O.C17H21Cl2N5O/c1-4-19(2)8-10-25(11-9-19)18-23-16(22)14(17(26)24(18)3)12-6-5-7-13(20)15(12)21;1-18(2)9-11-22(12-10-18)17-20-15(19)14(16(23)21(17)3)13-7-5-4-6-8-13;1-17(21)6-8-24(9-7-17)16-22-14(20)12(15(25)23(16)2)10-4-3-5-11(18)13(10)19/h5-7H,4,8-11,22H2,1-3H3;4-8H,9-12,19H2,1-3H3;3-5H,6-9,20-21H2,1-2H3. The fraction of sp³-hybridized carbons (Fsp3) is 0.444. The van der Waals surface area contributed by atoms with Crippen molar-refractivity contribution in [3.05, 3.63) is 118 Å². The number of benzene rings is 3. The lowest BCUT2D eigenvalue weighted by atomic mass is 9.78. The van der Waals surface area contributed by atoms with E-state index >= 15 is 0 Å². The van der Waals surface area contributed by atoms with Crippen molar-refractivity contribution in [3.8, 4) is 33.4 Å². The van der Waals surface area contributed by atoms with Crippen LogP contribution in [-0.2, 0) is 21.1 Å². The Morgan fingerprint density at radius 1 is 0.500 bits per heavy atom. The van der Waals surface area contributed by atoms with E-state index in [9.17, 15) is 14.4 Å². The quantitative estimate of drug-likeness (QED) is 0.117. The molecule has 0 unspecified atom stereocenters. The largest absolute Gasteiger partial charge is 0.383 e. The van der Waals surface area contributed by atoms with Crippen LogP contribution < -0.4 is 54.3 Å². The topological polar surface area (TPSA) is 218 Å². The molecular weight excluding hydrogens is 1020 g/mol. The number of nitrogens with two attached hydrogens (primary N) is 4. The van der Waals surface area contributed by atoms with Crippen LogP contribution in [0.4, 0.5) is 35.3 Å². The molecule has 0 saturated carbocycles. The van der Waals surface area contributed by atoms with Crippen LogP contribution in [0.2, 0.25) is 20.1 Å². The maximum atomic E-state index is 13.0. The summed E-state index contributed by atoms with van der Waals surface area (Å²) in [6.07, 6.45) is 7.12. The highest BCUT2D eigenvalue weighted by Crippen LogP contribution is 2.39. The third-order valence-electron chi connectivity index (χ3n) is 15.1.